The summed E-state index contributed by atoms with van der Waals surface area (Å²) in [5, 5.41) is 5.81. The van der Waals surface area contributed by atoms with Crippen LogP contribution in [0.15, 0.2) is 64.6 Å². The molecule has 0 radical (unpaired) electrons. The number of rotatable bonds is 4. The zero-order chi connectivity index (χ0) is 19.2. The van der Waals surface area contributed by atoms with Crippen LogP contribution in [0.4, 0.5) is 0 Å². The quantitative estimate of drug-likeness (QED) is 0.843. The molecule has 2 aromatic rings. The van der Waals surface area contributed by atoms with Crippen LogP contribution < -0.4 is 4.90 Å². The Morgan fingerprint density at radius 2 is 1.67 bits per heavy atom. The fraction of sp³-hybridized carbons (Fsp3) is 0.263. The van der Waals surface area contributed by atoms with E-state index in [4.69, 9.17) is 0 Å². The first-order valence-electron chi connectivity index (χ1n) is 8.96. The van der Waals surface area contributed by atoms with Crippen LogP contribution in [-0.4, -0.2) is 48.9 Å². The standard InChI is InChI=1S/C19H20N4O3S/c1-3-21(4-2)19-22(18(24)14-10-6-5-7-11-14)20-17-15-12-8-9-13-16(15)27(25,26)23(17)19/h5-13,19H,3-4H2,1-2H3/p+1/t19-/m0/s1. The minimum atomic E-state index is -3.76. The fourth-order valence-electron chi connectivity index (χ4n) is 3.64. The van der Waals surface area contributed by atoms with Gasteiger partial charge in [0.2, 0.25) is 0 Å². The van der Waals surface area contributed by atoms with E-state index in [2.05, 4.69) is 5.10 Å². The number of carbonyl (C=O) groups excluding carboxylic acids is 1. The molecular weight excluding hydrogens is 364 g/mol. The smallest absolute Gasteiger partial charge is 0.281 e. The predicted molar refractivity (Wildman–Crippen MR) is 100 cm³/mol. The topological polar surface area (TPSA) is 74.5 Å². The van der Waals surface area contributed by atoms with Crippen molar-refractivity contribution in [3.63, 3.8) is 0 Å². The Bertz CT molecular complexity index is 1020. The van der Waals surface area contributed by atoms with E-state index in [0.29, 0.717) is 30.1 Å². The number of nitrogens with one attached hydrogen (secondary N) is 1. The largest absolute Gasteiger partial charge is 0.295 e. The van der Waals surface area contributed by atoms with Crippen LogP contribution in [0.2, 0.25) is 0 Å². The van der Waals surface area contributed by atoms with Crippen molar-refractivity contribution in [3.8, 4) is 0 Å². The molecule has 0 spiro atoms. The van der Waals surface area contributed by atoms with E-state index >= 15 is 0 Å². The van der Waals surface area contributed by atoms with Gasteiger partial charge in [-0.1, -0.05) is 30.3 Å². The molecule has 27 heavy (non-hydrogen) atoms. The number of nitrogens with zero attached hydrogens (tertiary/aromatic N) is 3. The molecule has 1 N–H and O–H groups in total. The first-order chi connectivity index (χ1) is 13.0. The van der Waals surface area contributed by atoms with Crippen LogP contribution in [0, 0.1) is 0 Å². The van der Waals surface area contributed by atoms with E-state index in [9.17, 15) is 13.2 Å². The lowest BCUT2D eigenvalue weighted by Gasteiger charge is -2.32. The molecule has 2 aliphatic rings. The van der Waals surface area contributed by atoms with E-state index < -0.39 is 16.3 Å². The molecule has 0 aromatic heterocycles. The molecule has 140 valence electrons. The third kappa shape index (κ3) is 2.55. The number of quaternary nitrogens is 1. The molecule has 2 aliphatic heterocycles. The zero-order valence-electron chi connectivity index (χ0n) is 15.2. The molecule has 0 bridgehead atoms. The van der Waals surface area contributed by atoms with Gasteiger partial charge in [0.05, 0.1) is 18.0 Å². The number of fused-ring (bicyclic) bond motifs is 3. The van der Waals surface area contributed by atoms with E-state index in [0.717, 1.165) is 4.90 Å². The number of carbonyl (C=O) groups is 1. The molecule has 0 saturated carbocycles. The molecule has 2 aromatic carbocycles. The van der Waals surface area contributed by atoms with Crippen molar-refractivity contribution < 1.29 is 18.1 Å². The summed E-state index contributed by atoms with van der Waals surface area (Å²) in [6.45, 7) is 5.26. The Hall–Kier alpha value is -2.71. The molecule has 8 heteroatoms. The van der Waals surface area contributed by atoms with Gasteiger partial charge in [0, 0.05) is 11.1 Å². The van der Waals surface area contributed by atoms with Crippen molar-refractivity contribution in [1.29, 1.82) is 0 Å². The number of sulfonamides is 1. The van der Waals surface area contributed by atoms with Gasteiger partial charge in [-0.25, -0.2) is 8.42 Å². The maximum Gasteiger partial charge on any atom is 0.281 e. The van der Waals surface area contributed by atoms with Gasteiger partial charge in [0.1, 0.15) is 0 Å². The summed E-state index contributed by atoms with van der Waals surface area (Å²) < 4.78 is 27.7. The summed E-state index contributed by atoms with van der Waals surface area (Å²) in [6.07, 6.45) is -0.736. The molecule has 0 fully saturated rings. The van der Waals surface area contributed by atoms with E-state index in [-0.39, 0.29) is 10.8 Å². The SMILES string of the molecule is CC[NH+](CC)[C@H]1N(C(=O)c2ccccc2)N=C2c3ccccc3S(=O)(=O)N21. The second-order valence-electron chi connectivity index (χ2n) is 6.48. The number of benzene rings is 2. The van der Waals surface area contributed by atoms with Gasteiger partial charge in [-0.15, -0.1) is 5.10 Å². The van der Waals surface area contributed by atoms with Gasteiger partial charge in [-0.3, -0.25) is 9.69 Å². The third-order valence-electron chi connectivity index (χ3n) is 5.03. The number of amidine groups is 1. The Balaban J connectivity index is 1.87. The molecule has 2 heterocycles. The highest BCUT2D eigenvalue weighted by molar-refractivity contribution is 7.90. The molecule has 4 rings (SSSR count). The molecule has 1 atom stereocenters. The monoisotopic (exact) mass is 385 g/mol. The van der Waals surface area contributed by atoms with Crippen molar-refractivity contribution in [1.82, 2.24) is 9.31 Å². The van der Waals surface area contributed by atoms with Crippen LogP contribution >= 0.6 is 0 Å². The van der Waals surface area contributed by atoms with Gasteiger partial charge in [0.25, 0.3) is 22.2 Å². The number of hydrogen-bond donors (Lipinski definition) is 1. The van der Waals surface area contributed by atoms with Gasteiger partial charge in [0.15, 0.2) is 5.84 Å². The number of amides is 1. The second kappa shape index (κ2) is 6.47. The first kappa shape index (κ1) is 17.7. The van der Waals surface area contributed by atoms with Crippen LogP contribution in [0.5, 0.6) is 0 Å². The van der Waals surface area contributed by atoms with Crippen molar-refractivity contribution >= 4 is 21.8 Å². The molecule has 7 nitrogen and oxygen atoms in total. The third-order valence-corrected chi connectivity index (χ3v) is 6.83. The van der Waals surface area contributed by atoms with Crippen molar-refractivity contribution in [2.45, 2.75) is 25.0 Å². The van der Waals surface area contributed by atoms with Crippen molar-refractivity contribution in [3.05, 3.63) is 65.7 Å². The zero-order valence-corrected chi connectivity index (χ0v) is 16.0. The summed E-state index contributed by atoms with van der Waals surface area (Å²) in [4.78, 5) is 14.3. The van der Waals surface area contributed by atoms with Crippen LogP contribution in [0.25, 0.3) is 0 Å². The number of hydrazone groups is 1. The normalized spacial score (nSPS) is 19.8. The van der Waals surface area contributed by atoms with E-state index in [1.807, 2.05) is 19.9 Å². The lowest BCUT2D eigenvalue weighted by molar-refractivity contribution is -0.939. The second-order valence-corrected chi connectivity index (χ2v) is 8.26. The highest BCUT2D eigenvalue weighted by Crippen LogP contribution is 2.36. The predicted octanol–water partition coefficient (Wildman–Crippen LogP) is 0.717. The van der Waals surface area contributed by atoms with E-state index in [1.165, 1.54) is 9.31 Å². The summed E-state index contributed by atoms with van der Waals surface area (Å²) >= 11 is 0. The average Bonchev–Trinajstić information content (AvgIpc) is 3.19. The molecule has 0 saturated heterocycles. The lowest BCUT2D eigenvalue weighted by Crippen LogP contribution is -3.18. The highest BCUT2D eigenvalue weighted by Gasteiger charge is 2.55. The highest BCUT2D eigenvalue weighted by atomic mass is 32.2. The van der Waals surface area contributed by atoms with Crippen molar-refractivity contribution in [2.24, 2.45) is 5.10 Å². The van der Waals surface area contributed by atoms with Gasteiger partial charge < -0.3 is 0 Å². The molecular formula is C19H21N4O3S+. The molecule has 0 aliphatic carbocycles. The first-order valence-corrected chi connectivity index (χ1v) is 10.4. The lowest BCUT2D eigenvalue weighted by atomic mass is 10.2. The average molecular weight is 385 g/mol. The van der Waals surface area contributed by atoms with Gasteiger partial charge >= 0.3 is 0 Å². The number of hydrogen-bond acceptors (Lipinski definition) is 4. The maximum absolute atomic E-state index is 13.2. The Kier molecular flexibility index (Phi) is 4.24. The molecule has 0 unspecified atom stereocenters. The van der Waals surface area contributed by atoms with Crippen LogP contribution in [0.1, 0.15) is 29.8 Å². The van der Waals surface area contributed by atoms with Gasteiger partial charge in [-0.2, -0.15) is 9.31 Å². The maximum atomic E-state index is 13.2. The Morgan fingerprint density at radius 3 is 2.33 bits per heavy atom. The minimum Gasteiger partial charge on any atom is -0.295 e. The van der Waals surface area contributed by atoms with Crippen LogP contribution in [-0.2, 0) is 10.0 Å². The summed E-state index contributed by atoms with van der Waals surface area (Å²) in [5.74, 6) is 0.00821. The van der Waals surface area contributed by atoms with Crippen molar-refractivity contribution in [2.75, 3.05) is 13.1 Å². The van der Waals surface area contributed by atoms with Gasteiger partial charge in [-0.05, 0) is 38.1 Å². The van der Waals surface area contributed by atoms with E-state index in [1.54, 1.807) is 48.5 Å². The minimum absolute atomic E-state index is 0.243. The Morgan fingerprint density at radius 1 is 1.04 bits per heavy atom. The molecule has 1 amide bonds. The summed E-state index contributed by atoms with van der Waals surface area (Å²) in [7, 11) is -3.76. The Labute approximate surface area is 158 Å². The van der Waals surface area contributed by atoms with Crippen LogP contribution in [0.3, 0.4) is 0 Å². The summed E-state index contributed by atoms with van der Waals surface area (Å²) in [5.41, 5.74) is 1.02. The summed E-state index contributed by atoms with van der Waals surface area (Å²) in [6, 6.07) is 15.6. The fourth-order valence-corrected chi connectivity index (χ4v) is 5.40.